The number of pyridine rings is 8. The molecule has 0 radical (unpaired) electrons. The molecule has 0 bridgehead atoms. The summed E-state index contributed by atoms with van der Waals surface area (Å²) in [6.07, 6.45) is 29.5. The van der Waals surface area contributed by atoms with Crippen LogP contribution in [0.4, 0.5) is 0 Å². The number of aliphatic carboxylic acids is 3. The molecule has 0 aliphatic carbocycles. The molecular formula is C71H88N12O13. The first kappa shape index (κ1) is 81.3. The van der Waals surface area contributed by atoms with Crippen LogP contribution in [0, 0.1) is 0 Å². The summed E-state index contributed by atoms with van der Waals surface area (Å²) < 4.78 is 16.2. The molecule has 8 aromatic heterocycles. The number of nitrogens with two attached hydrogens (primary N) is 3. The summed E-state index contributed by atoms with van der Waals surface area (Å²) in [7, 11) is 0. The molecule has 510 valence electrons. The quantitative estimate of drug-likeness (QED) is 0.0157. The molecule has 0 aliphatic rings. The van der Waals surface area contributed by atoms with Crippen molar-refractivity contribution in [3.05, 3.63) is 254 Å². The minimum atomic E-state index is -0.782. The number of carboxylic acid groups (broad SMARTS) is 3. The van der Waals surface area contributed by atoms with E-state index >= 15 is 0 Å². The lowest BCUT2D eigenvalue weighted by Gasteiger charge is -2.05. The number of carbonyl (C=O) groups excluding carboxylic acids is 2. The van der Waals surface area contributed by atoms with Gasteiger partial charge in [-0.05, 0) is 178 Å². The topological polar surface area (TPSA) is 407 Å². The van der Waals surface area contributed by atoms with Crippen molar-refractivity contribution in [1.29, 1.82) is 0 Å². The summed E-state index contributed by atoms with van der Waals surface area (Å²) in [6.45, 7) is 3.95. The number of benzene rings is 1. The number of aromatic nitrogens is 8. The van der Waals surface area contributed by atoms with E-state index in [4.69, 9.17) is 56.9 Å². The molecule has 0 fully saturated rings. The van der Waals surface area contributed by atoms with Crippen LogP contribution >= 0.6 is 0 Å². The molecule has 1 amide bonds. The third-order valence-corrected chi connectivity index (χ3v) is 11.9. The zero-order valence-corrected chi connectivity index (χ0v) is 53.7. The van der Waals surface area contributed by atoms with Gasteiger partial charge in [-0.1, -0.05) is 30.3 Å². The van der Waals surface area contributed by atoms with Gasteiger partial charge in [-0.25, -0.2) is 4.98 Å². The van der Waals surface area contributed by atoms with E-state index in [1.165, 1.54) is 11.8 Å². The fraction of sp³-hybridized carbons (Fsp3) is 0.282. The first-order valence-electron chi connectivity index (χ1n) is 30.8. The Morgan fingerprint density at radius 1 is 0.396 bits per heavy atom. The summed E-state index contributed by atoms with van der Waals surface area (Å²) in [5.41, 5.74) is 21.3. The Bertz CT molecular complexity index is 3180. The fourth-order valence-corrected chi connectivity index (χ4v) is 7.00. The molecule has 1 aromatic carbocycles. The highest BCUT2D eigenvalue weighted by molar-refractivity contribution is 5.95. The molecule has 96 heavy (non-hydrogen) atoms. The first-order chi connectivity index (χ1) is 46.8. The van der Waals surface area contributed by atoms with Crippen molar-refractivity contribution in [2.75, 3.05) is 52.6 Å². The number of carbonyl (C=O) groups is 5. The monoisotopic (exact) mass is 1320 g/mol. The molecule has 25 heteroatoms. The second-order valence-corrected chi connectivity index (χ2v) is 19.6. The van der Waals surface area contributed by atoms with Crippen molar-refractivity contribution in [3.63, 3.8) is 0 Å². The summed E-state index contributed by atoms with van der Waals surface area (Å²) in [4.78, 5) is 84.2. The minimum Gasteiger partial charge on any atom is -0.492 e. The largest absolute Gasteiger partial charge is 0.492 e. The van der Waals surface area contributed by atoms with E-state index < -0.39 is 17.9 Å². The van der Waals surface area contributed by atoms with Crippen molar-refractivity contribution in [1.82, 2.24) is 45.2 Å². The van der Waals surface area contributed by atoms with Crippen molar-refractivity contribution >= 4 is 29.6 Å². The summed E-state index contributed by atoms with van der Waals surface area (Å²) in [6, 6.07) is 40.6. The Balaban J connectivity index is 0.000000375. The van der Waals surface area contributed by atoms with Crippen LogP contribution in [0.15, 0.2) is 220 Å². The number of aryl methyl sites for hydroxylation is 3. The molecule has 9 aromatic rings. The van der Waals surface area contributed by atoms with Gasteiger partial charge >= 0.3 is 17.9 Å². The van der Waals surface area contributed by atoms with Gasteiger partial charge in [-0.3, -0.25) is 58.9 Å². The first-order valence-corrected chi connectivity index (χ1v) is 30.8. The van der Waals surface area contributed by atoms with Crippen molar-refractivity contribution in [3.8, 4) is 23.1 Å². The van der Waals surface area contributed by atoms with E-state index in [-0.39, 0.29) is 44.2 Å². The van der Waals surface area contributed by atoms with E-state index in [2.05, 4.69) is 45.2 Å². The normalized spacial score (nSPS) is 9.64. The molecule has 25 nitrogen and oxygen atoms in total. The number of hydrogen-bond donors (Lipinski definition) is 9. The lowest BCUT2D eigenvalue weighted by Crippen LogP contribution is -2.24. The second kappa shape index (κ2) is 55.8. The summed E-state index contributed by atoms with van der Waals surface area (Å²) in [5.74, 6) is 0.606. The number of ether oxygens (including phenoxy) is 3. The number of carboxylic acids is 3. The molecule has 12 N–H and O–H groups in total. The maximum atomic E-state index is 11.3. The maximum Gasteiger partial charge on any atom is 0.303 e. The Labute approximate surface area is 559 Å². The summed E-state index contributed by atoms with van der Waals surface area (Å²) in [5, 5.41) is 44.7. The average Bonchev–Trinajstić information content (AvgIpc) is 2.84. The van der Waals surface area contributed by atoms with Crippen LogP contribution in [0.5, 0.6) is 23.1 Å². The van der Waals surface area contributed by atoms with E-state index in [1.807, 2.05) is 103 Å². The number of rotatable bonds is 29. The number of hydrogen-bond acceptors (Lipinski definition) is 21. The van der Waals surface area contributed by atoms with Gasteiger partial charge in [0.25, 0.3) is 5.91 Å². The number of amides is 1. The van der Waals surface area contributed by atoms with Gasteiger partial charge in [0.2, 0.25) is 5.88 Å². The van der Waals surface area contributed by atoms with E-state index in [0.29, 0.717) is 94.9 Å². The van der Waals surface area contributed by atoms with Gasteiger partial charge in [0.15, 0.2) is 5.78 Å². The predicted molar refractivity (Wildman–Crippen MR) is 364 cm³/mol. The molecule has 0 saturated carbocycles. The lowest BCUT2D eigenvalue weighted by atomic mass is 10.1. The van der Waals surface area contributed by atoms with E-state index in [0.717, 1.165) is 53.3 Å². The van der Waals surface area contributed by atoms with Crippen molar-refractivity contribution in [2.24, 2.45) is 17.2 Å². The highest BCUT2D eigenvalue weighted by atomic mass is 16.5. The van der Waals surface area contributed by atoms with Crippen LogP contribution in [0.3, 0.4) is 0 Å². The van der Waals surface area contributed by atoms with Gasteiger partial charge in [0, 0.05) is 137 Å². The second-order valence-electron chi connectivity index (χ2n) is 19.6. The maximum absolute atomic E-state index is 11.3. The van der Waals surface area contributed by atoms with Crippen LogP contribution in [-0.4, -0.2) is 148 Å². The molecule has 0 unspecified atom stereocenters. The Morgan fingerprint density at radius 3 is 1.42 bits per heavy atom. The molecule has 8 heterocycles. The predicted octanol–water partition coefficient (Wildman–Crippen LogP) is 8.52. The zero-order chi connectivity index (χ0) is 69.7. The number of nitrogens with one attached hydrogen (secondary N) is 1. The molecule has 0 saturated heterocycles. The number of aliphatic hydroxyl groups is 2. The third kappa shape index (κ3) is 44.6. The zero-order valence-electron chi connectivity index (χ0n) is 53.7. The number of nitrogens with zero attached hydrogens (tertiary/aromatic N) is 8. The standard InChI is InChI=1S/C13H14N2O.C9H12N2O2.C9H11NO2.2C8H12N2O.3C8H9NO2/c14-8-7-11-3-5-12(6-4-11)16-13-2-1-9-15-10-13;12-6-2-5-11-9(13)8-3-1-4-10-7-8;11-6-2-4-9(12)8-3-1-5-10-7-8;9-4-2-6-11-8-3-1-5-10-7-8;9-5-3-7-11-8-4-1-2-6-10-8;10-8(11)2-1-7-3-5-9-6-4-7;10-8(11)4-3-7-2-1-5-9-6-7;10-8(11)5-4-7-3-1-2-6-9-7/h1-6,9-10H,7-8,14H2;1,3-4,7,12H,2,5-6H2,(H,11,13);1,3,5,7,11H,2,4,6H2;1,3,5,7H,2,4,6,9H2;1-2,4,6H,3,5,7,9H2;3-6H,1-2H2,(H,10,11);1-2,5-6H,3-4H2,(H,10,11);1-3,6H,4-5H2,(H,10,11). The molecule has 0 atom stereocenters. The van der Waals surface area contributed by atoms with E-state index in [9.17, 15) is 24.0 Å². The van der Waals surface area contributed by atoms with E-state index in [1.54, 1.807) is 111 Å². The van der Waals surface area contributed by atoms with Gasteiger partial charge < -0.3 is 62.3 Å². The Kier molecular flexibility index (Phi) is 47.2. The summed E-state index contributed by atoms with van der Waals surface area (Å²) >= 11 is 0. The molecular weight excluding hydrogens is 1230 g/mol. The van der Waals surface area contributed by atoms with Crippen LogP contribution in [-0.2, 0) is 40.1 Å². The van der Waals surface area contributed by atoms with Gasteiger partial charge in [0.1, 0.15) is 17.2 Å². The highest BCUT2D eigenvalue weighted by Crippen LogP contribution is 2.20. The Hall–Kier alpha value is -10.8. The number of Topliss-reactive ketones (excluding diaryl/α,β-unsaturated/α-hetero) is 1. The molecule has 0 spiro atoms. The highest BCUT2D eigenvalue weighted by Gasteiger charge is 2.05. The smallest absolute Gasteiger partial charge is 0.303 e. The van der Waals surface area contributed by atoms with Crippen LogP contribution < -0.4 is 36.7 Å². The molecule has 0 aliphatic heterocycles. The lowest BCUT2D eigenvalue weighted by molar-refractivity contribution is -0.138. The van der Waals surface area contributed by atoms with Gasteiger partial charge in [-0.2, -0.15) is 0 Å². The van der Waals surface area contributed by atoms with Crippen LogP contribution in [0.1, 0.15) is 94.5 Å². The van der Waals surface area contributed by atoms with Crippen LogP contribution in [0.25, 0.3) is 0 Å². The average molecular weight is 1320 g/mol. The van der Waals surface area contributed by atoms with Crippen molar-refractivity contribution in [2.45, 2.75) is 77.0 Å². The third-order valence-electron chi connectivity index (χ3n) is 11.9. The fourth-order valence-electron chi connectivity index (χ4n) is 7.00. The number of ketones is 1. The molecule has 9 rings (SSSR count). The minimum absolute atomic E-state index is 0.0390. The van der Waals surface area contributed by atoms with Gasteiger partial charge in [-0.15, -0.1) is 0 Å². The van der Waals surface area contributed by atoms with Gasteiger partial charge in [0.05, 0.1) is 37.6 Å². The Morgan fingerprint density at radius 2 is 0.917 bits per heavy atom. The SMILES string of the molecule is NCCCOc1ccccn1.NCCCOc1cccnc1.NCCc1ccc(Oc2cccnc2)cc1.O=C(CCCO)c1cccnc1.O=C(NCCCO)c1cccnc1.O=C(O)CCc1ccccn1.O=C(O)CCc1cccnc1.O=C(O)CCc1ccncc1. The van der Waals surface area contributed by atoms with Crippen LogP contribution in [0.2, 0.25) is 0 Å². The van der Waals surface area contributed by atoms with Crippen molar-refractivity contribution < 1.29 is 63.7 Å². The number of aliphatic hydroxyl groups excluding tert-OH is 2.